The molecule has 0 amide bonds. The van der Waals surface area contributed by atoms with Crippen molar-refractivity contribution in [2.75, 3.05) is 20.2 Å². The third kappa shape index (κ3) is 3.62. The van der Waals surface area contributed by atoms with Gasteiger partial charge in [0.15, 0.2) is 11.6 Å². The Kier molecular flexibility index (Phi) is 5.24. The van der Waals surface area contributed by atoms with E-state index in [-0.39, 0.29) is 5.75 Å². The van der Waals surface area contributed by atoms with Crippen molar-refractivity contribution in [3.63, 3.8) is 0 Å². The second-order valence-electron chi connectivity index (χ2n) is 7.91. The number of aromatic amines is 1. The SMILES string of the molecule is COc1c(F)cc(F)cc1-c1c[nH]c2ncc(-c3ccc(C(C)N4CCCC4)s3)cc12. The van der Waals surface area contributed by atoms with Crippen molar-refractivity contribution in [3.8, 4) is 27.3 Å². The average Bonchev–Trinajstić information content (AvgIpc) is 3.53. The molecule has 0 aliphatic carbocycles. The van der Waals surface area contributed by atoms with Crippen LogP contribution in [0.3, 0.4) is 0 Å². The third-order valence-corrected chi connectivity index (χ3v) is 7.35. The topological polar surface area (TPSA) is 41.1 Å². The summed E-state index contributed by atoms with van der Waals surface area (Å²) in [6, 6.07) is 8.86. The van der Waals surface area contributed by atoms with Gasteiger partial charge in [-0.3, -0.25) is 4.90 Å². The molecule has 0 spiro atoms. The minimum absolute atomic E-state index is 0.0190. The minimum atomic E-state index is -0.727. The standard InChI is InChI=1S/C24H23F2N3OS/c1-14(29-7-3-4-8-29)21-5-6-22(31-21)15-9-18-19(13-28-24(18)27-12-15)17-10-16(25)11-20(26)23(17)30-2/h5-6,9-14H,3-4,7-8H2,1-2H3,(H,27,28). The number of likely N-dealkylation sites (tertiary alicyclic amines) is 1. The van der Waals surface area contributed by atoms with E-state index in [9.17, 15) is 8.78 Å². The van der Waals surface area contributed by atoms with Crippen molar-refractivity contribution in [1.82, 2.24) is 14.9 Å². The van der Waals surface area contributed by atoms with Crippen LogP contribution in [-0.2, 0) is 0 Å². The first-order valence-electron chi connectivity index (χ1n) is 10.4. The first-order chi connectivity index (χ1) is 15.0. The molecule has 1 aromatic carbocycles. The molecule has 3 aromatic heterocycles. The summed E-state index contributed by atoms with van der Waals surface area (Å²) in [6.07, 6.45) is 6.09. The number of methoxy groups -OCH3 is 1. The van der Waals surface area contributed by atoms with Crippen LogP contribution in [0.2, 0.25) is 0 Å². The van der Waals surface area contributed by atoms with Crippen LogP contribution in [0.1, 0.15) is 30.7 Å². The Morgan fingerprint density at radius 2 is 1.94 bits per heavy atom. The van der Waals surface area contributed by atoms with Gasteiger partial charge in [0.1, 0.15) is 11.5 Å². The van der Waals surface area contributed by atoms with E-state index in [1.54, 1.807) is 17.5 Å². The molecule has 7 heteroatoms. The molecule has 0 bridgehead atoms. The van der Waals surface area contributed by atoms with Crippen molar-refractivity contribution in [2.24, 2.45) is 0 Å². The Morgan fingerprint density at radius 3 is 2.71 bits per heavy atom. The normalized spacial score (nSPS) is 15.6. The van der Waals surface area contributed by atoms with Crippen molar-refractivity contribution in [1.29, 1.82) is 0 Å². The summed E-state index contributed by atoms with van der Waals surface area (Å²) >= 11 is 1.77. The number of aromatic nitrogens is 2. The van der Waals surface area contributed by atoms with E-state index < -0.39 is 11.6 Å². The maximum absolute atomic E-state index is 14.3. The number of ether oxygens (including phenoxy) is 1. The smallest absolute Gasteiger partial charge is 0.168 e. The number of halogens is 2. The Morgan fingerprint density at radius 1 is 1.13 bits per heavy atom. The number of H-pyrrole nitrogens is 1. The lowest BCUT2D eigenvalue weighted by atomic mass is 10.0. The maximum atomic E-state index is 14.3. The van der Waals surface area contributed by atoms with Gasteiger partial charge in [-0.2, -0.15) is 0 Å². The van der Waals surface area contributed by atoms with Gasteiger partial charge >= 0.3 is 0 Å². The molecule has 1 aliphatic heterocycles. The maximum Gasteiger partial charge on any atom is 0.168 e. The van der Waals surface area contributed by atoms with Gasteiger partial charge in [-0.1, -0.05) is 0 Å². The van der Waals surface area contributed by atoms with E-state index >= 15 is 0 Å². The van der Waals surface area contributed by atoms with E-state index in [0.29, 0.717) is 22.8 Å². The average molecular weight is 440 g/mol. The van der Waals surface area contributed by atoms with E-state index in [2.05, 4.69) is 33.9 Å². The summed E-state index contributed by atoms with van der Waals surface area (Å²) in [7, 11) is 1.38. The number of pyridine rings is 1. The van der Waals surface area contributed by atoms with Gasteiger partial charge in [-0.15, -0.1) is 11.3 Å². The van der Waals surface area contributed by atoms with Crippen LogP contribution in [0, 0.1) is 11.6 Å². The van der Waals surface area contributed by atoms with Gasteiger partial charge < -0.3 is 9.72 Å². The van der Waals surface area contributed by atoms with Gasteiger partial charge in [-0.25, -0.2) is 13.8 Å². The predicted molar refractivity (Wildman–Crippen MR) is 121 cm³/mol. The number of benzene rings is 1. The van der Waals surface area contributed by atoms with Gasteiger partial charge in [-0.05, 0) is 57.1 Å². The molecule has 4 heterocycles. The highest BCUT2D eigenvalue weighted by Gasteiger charge is 2.22. The van der Waals surface area contributed by atoms with Crippen molar-refractivity contribution in [3.05, 3.63) is 59.2 Å². The second kappa shape index (κ2) is 8.05. The molecule has 5 rings (SSSR count). The van der Waals surface area contributed by atoms with E-state index in [1.165, 1.54) is 30.9 Å². The van der Waals surface area contributed by atoms with Gasteiger partial charge in [0.05, 0.1) is 7.11 Å². The van der Waals surface area contributed by atoms with Crippen LogP contribution in [0.15, 0.2) is 42.7 Å². The molecule has 1 aliphatic rings. The lowest BCUT2D eigenvalue weighted by Crippen LogP contribution is -2.22. The first-order valence-corrected chi connectivity index (χ1v) is 11.2. The third-order valence-electron chi connectivity index (χ3n) is 6.05. The van der Waals surface area contributed by atoms with Crippen LogP contribution >= 0.6 is 11.3 Å². The monoisotopic (exact) mass is 439 g/mol. The molecular formula is C24H23F2N3OS. The number of nitrogens with zero attached hydrogens (tertiary/aromatic N) is 2. The Labute approximate surface area is 183 Å². The number of thiophene rings is 1. The van der Waals surface area contributed by atoms with Gasteiger partial charge in [0.25, 0.3) is 0 Å². The van der Waals surface area contributed by atoms with Gasteiger partial charge in [0, 0.05) is 56.3 Å². The van der Waals surface area contributed by atoms with E-state index in [0.717, 1.165) is 35.0 Å². The van der Waals surface area contributed by atoms with Crippen LogP contribution in [-0.4, -0.2) is 35.1 Å². The first kappa shape index (κ1) is 20.2. The minimum Gasteiger partial charge on any atom is -0.493 e. The summed E-state index contributed by atoms with van der Waals surface area (Å²) in [5, 5.41) is 0.795. The van der Waals surface area contributed by atoms with Crippen molar-refractivity contribution in [2.45, 2.75) is 25.8 Å². The summed E-state index contributed by atoms with van der Waals surface area (Å²) < 4.78 is 33.4. The zero-order valence-electron chi connectivity index (χ0n) is 17.4. The molecule has 4 aromatic rings. The molecule has 0 saturated carbocycles. The fourth-order valence-corrected chi connectivity index (χ4v) is 5.45. The zero-order chi connectivity index (χ0) is 21.5. The highest BCUT2D eigenvalue weighted by Crippen LogP contribution is 2.40. The van der Waals surface area contributed by atoms with Crippen molar-refractivity contribution < 1.29 is 13.5 Å². The predicted octanol–water partition coefficient (Wildman–Crippen LogP) is 6.40. The molecule has 31 heavy (non-hydrogen) atoms. The quantitative estimate of drug-likeness (QED) is 0.391. The molecule has 0 radical (unpaired) electrons. The van der Waals surface area contributed by atoms with Gasteiger partial charge in [0.2, 0.25) is 0 Å². The van der Waals surface area contributed by atoms with Crippen molar-refractivity contribution >= 4 is 22.4 Å². The van der Waals surface area contributed by atoms with Crippen LogP contribution in [0.5, 0.6) is 5.75 Å². The fraction of sp³-hybridized carbons (Fsp3) is 0.292. The molecule has 1 saturated heterocycles. The zero-order valence-corrected chi connectivity index (χ0v) is 18.2. The summed E-state index contributed by atoms with van der Waals surface area (Å²) in [4.78, 5) is 12.6. The highest BCUT2D eigenvalue weighted by atomic mass is 32.1. The molecule has 1 unspecified atom stereocenters. The lowest BCUT2D eigenvalue weighted by Gasteiger charge is -2.22. The van der Waals surface area contributed by atoms with Crippen LogP contribution < -0.4 is 4.74 Å². The highest BCUT2D eigenvalue weighted by molar-refractivity contribution is 7.15. The number of nitrogens with one attached hydrogen (secondary N) is 1. The molecule has 160 valence electrons. The van der Waals surface area contributed by atoms with E-state index in [1.807, 2.05) is 12.3 Å². The lowest BCUT2D eigenvalue weighted by molar-refractivity contribution is 0.267. The number of fused-ring (bicyclic) bond motifs is 1. The molecule has 1 N–H and O–H groups in total. The number of hydrogen-bond donors (Lipinski definition) is 1. The summed E-state index contributed by atoms with van der Waals surface area (Å²) in [6.45, 7) is 4.57. The Hall–Kier alpha value is -2.77. The largest absolute Gasteiger partial charge is 0.493 e. The van der Waals surface area contributed by atoms with Crippen LogP contribution in [0.4, 0.5) is 8.78 Å². The number of hydrogen-bond acceptors (Lipinski definition) is 4. The number of rotatable bonds is 5. The summed E-state index contributed by atoms with van der Waals surface area (Å²) in [5.74, 6) is -1.36. The Bertz CT molecular complexity index is 1240. The molecular weight excluding hydrogens is 416 g/mol. The molecule has 4 nitrogen and oxygen atoms in total. The van der Waals surface area contributed by atoms with E-state index in [4.69, 9.17) is 4.74 Å². The molecule has 1 atom stereocenters. The van der Waals surface area contributed by atoms with Crippen LogP contribution in [0.25, 0.3) is 32.6 Å². The second-order valence-corrected chi connectivity index (χ2v) is 9.03. The summed E-state index contributed by atoms with van der Waals surface area (Å²) in [5.41, 5.74) is 2.66. The fourth-order valence-electron chi connectivity index (χ4n) is 4.37. The molecule has 1 fully saturated rings. The Balaban J connectivity index is 1.55.